The molecule has 5 nitrogen and oxygen atoms in total. The molecule has 0 radical (unpaired) electrons. The number of carbonyl (C=O) groups is 1. The van der Waals surface area contributed by atoms with E-state index in [1.807, 2.05) is 72.8 Å². The number of carbonyl (C=O) groups excluding carboxylic acids is 1. The van der Waals surface area contributed by atoms with Gasteiger partial charge in [-0.15, -0.1) is 0 Å². The number of hydrogen-bond acceptors (Lipinski definition) is 5. The van der Waals surface area contributed by atoms with Gasteiger partial charge in [-0.25, -0.2) is 4.99 Å². The second-order valence-corrected chi connectivity index (χ2v) is 8.94. The monoisotopic (exact) mass is 460 g/mol. The van der Waals surface area contributed by atoms with E-state index < -0.39 is 0 Å². The fraction of sp³-hybridized carbons (Fsp3) is 0.0357. The van der Waals surface area contributed by atoms with Gasteiger partial charge < -0.3 is 11.1 Å². The quantitative estimate of drug-likeness (QED) is 0.336. The number of rotatable bonds is 4. The topological polar surface area (TPSA) is 91.3 Å². The van der Waals surface area contributed by atoms with Crippen molar-refractivity contribution in [1.29, 1.82) is 5.26 Å². The standard InChI is InChI=1S/C28H20N4OS/c29-16-18-5-9-20(10-6-18)27-23-3-1-2-4-25(23)34-26-14-11-21(15-24(26)32-27)28(33)31-17-19-7-12-22(30)13-8-19/h1-15H,17,30H2,(H,31,33). The van der Waals surface area contributed by atoms with E-state index in [2.05, 4.69) is 17.5 Å². The number of hydrogen-bond donors (Lipinski definition) is 2. The summed E-state index contributed by atoms with van der Waals surface area (Å²) in [6.45, 7) is 0.413. The number of nitrogens with zero attached hydrogens (tertiary/aromatic N) is 2. The van der Waals surface area contributed by atoms with Gasteiger partial charge in [-0.2, -0.15) is 5.26 Å². The summed E-state index contributed by atoms with van der Waals surface area (Å²) >= 11 is 1.63. The van der Waals surface area contributed by atoms with E-state index in [9.17, 15) is 4.79 Å². The Morgan fingerprint density at radius 2 is 1.71 bits per heavy atom. The van der Waals surface area contributed by atoms with Gasteiger partial charge in [0.1, 0.15) is 0 Å². The largest absolute Gasteiger partial charge is 0.399 e. The molecule has 1 heterocycles. The number of nitrogens with two attached hydrogens (primary N) is 1. The summed E-state index contributed by atoms with van der Waals surface area (Å²) in [4.78, 5) is 19.9. The molecule has 1 aliphatic heterocycles. The van der Waals surface area contributed by atoms with Crippen LogP contribution in [0.25, 0.3) is 0 Å². The van der Waals surface area contributed by atoms with Crippen molar-refractivity contribution in [2.45, 2.75) is 16.3 Å². The highest BCUT2D eigenvalue weighted by Gasteiger charge is 2.20. The first kappa shape index (κ1) is 21.5. The van der Waals surface area contributed by atoms with Crippen LogP contribution >= 0.6 is 11.8 Å². The van der Waals surface area contributed by atoms with Crippen molar-refractivity contribution < 1.29 is 4.79 Å². The third-order valence-corrected chi connectivity index (χ3v) is 6.68. The Hall–Kier alpha value is -4.34. The van der Waals surface area contributed by atoms with Crippen molar-refractivity contribution in [3.63, 3.8) is 0 Å². The highest BCUT2D eigenvalue weighted by molar-refractivity contribution is 7.99. The third-order valence-electron chi connectivity index (χ3n) is 5.54. The molecule has 4 aromatic carbocycles. The fourth-order valence-corrected chi connectivity index (χ4v) is 4.73. The molecular weight excluding hydrogens is 440 g/mol. The Bertz CT molecular complexity index is 1450. The van der Waals surface area contributed by atoms with E-state index in [1.54, 1.807) is 23.9 Å². The molecule has 3 N–H and O–H groups in total. The van der Waals surface area contributed by atoms with Crippen LogP contribution in [0.4, 0.5) is 11.4 Å². The van der Waals surface area contributed by atoms with Crippen LogP contribution in [0.2, 0.25) is 0 Å². The lowest BCUT2D eigenvalue weighted by atomic mass is 10.0. The van der Waals surface area contributed by atoms with Crippen molar-refractivity contribution in [1.82, 2.24) is 5.32 Å². The van der Waals surface area contributed by atoms with Crippen LogP contribution in [0.15, 0.2) is 106 Å². The first-order chi connectivity index (χ1) is 16.6. The molecule has 0 aliphatic carbocycles. The maximum atomic E-state index is 12.9. The molecule has 5 rings (SSSR count). The Balaban J connectivity index is 1.49. The van der Waals surface area contributed by atoms with E-state index in [-0.39, 0.29) is 5.91 Å². The zero-order valence-corrected chi connectivity index (χ0v) is 19.0. The fourth-order valence-electron chi connectivity index (χ4n) is 3.73. The lowest BCUT2D eigenvalue weighted by molar-refractivity contribution is 0.0951. The van der Waals surface area contributed by atoms with Crippen LogP contribution in [-0.4, -0.2) is 11.6 Å². The Labute approximate surface area is 202 Å². The van der Waals surface area contributed by atoms with Crippen molar-refractivity contribution in [3.8, 4) is 6.07 Å². The smallest absolute Gasteiger partial charge is 0.251 e. The molecular formula is C28H20N4OS. The lowest BCUT2D eigenvalue weighted by Gasteiger charge is -2.09. The number of fused-ring (bicyclic) bond motifs is 2. The minimum atomic E-state index is -0.165. The van der Waals surface area contributed by atoms with Crippen LogP contribution < -0.4 is 11.1 Å². The van der Waals surface area contributed by atoms with Crippen LogP contribution in [0.3, 0.4) is 0 Å². The van der Waals surface area contributed by atoms with Gasteiger partial charge in [0.15, 0.2) is 0 Å². The van der Waals surface area contributed by atoms with Crippen LogP contribution in [0.1, 0.15) is 32.6 Å². The predicted octanol–water partition coefficient (Wildman–Crippen LogP) is 5.70. The van der Waals surface area contributed by atoms with Crippen molar-refractivity contribution in [2.24, 2.45) is 4.99 Å². The molecule has 0 unspecified atom stereocenters. The molecule has 6 heteroatoms. The van der Waals surface area contributed by atoms with Crippen molar-refractivity contribution >= 4 is 34.8 Å². The highest BCUT2D eigenvalue weighted by Crippen LogP contribution is 2.41. The molecule has 0 aromatic heterocycles. The predicted molar refractivity (Wildman–Crippen MR) is 135 cm³/mol. The minimum absolute atomic E-state index is 0.165. The summed E-state index contributed by atoms with van der Waals surface area (Å²) < 4.78 is 0. The second-order valence-electron chi connectivity index (χ2n) is 7.85. The minimum Gasteiger partial charge on any atom is -0.399 e. The summed E-state index contributed by atoms with van der Waals surface area (Å²) in [6.07, 6.45) is 0. The Kier molecular flexibility index (Phi) is 5.86. The third kappa shape index (κ3) is 4.42. The molecule has 4 aromatic rings. The molecule has 0 spiro atoms. The van der Waals surface area contributed by atoms with E-state index in [0.717, 1.165) is 37.9 Å². The maximum Gasteiger partial charge on any atom is 0.251 e. The first-order valence-corrected chi connectivity index (χ1v) is 11.6. The highest BCUT2D eigenvalue weighted by atomic mass is 32.2. The van der Waals surface area contributed by atoms with Crippen molar-refractivity contribution in [2.75, 3.05) is 5.73 Å². The lowest BCUT2D eigenvalue weighted by Crippen LogP contribution is -2.22. The van der Waals surface area contributed by atoms with Crippen LogP contribution in [-0.2, 0) is 6.54 Å². The number of nitrogen functional groups attached to an aromatic ring is 1. The number of amides is 1. The van der Waals surface area contributed by atoms with E-state index in [1.165, 1.54) is 0 Å². The van der Waals surface area contributed by atoms with E-state index in [4.69, 9.17) is 16.0 Å². The van der Waals surface area contributed by atoms with E-state index >= 15 is 0 Å². The number of nitrogens with one attached hydrogen (secondary N) is 1. The maximum absolute atomic E-state index is 12.9. The van der Waals surface area contributed by atoms with Gasteiger partial charge in [-0.05, 0) is 54.1 Å². The molecule has 1 amide bonds. The van der Waals surface area contributed by atoms with Gasteiger partial charge >= 0.3 is 0 Å². The summed E-state index contributed by atoms with van der Waals surface area (Å²) in [7, 11) is 0. The molecule has 34 heavy (non-hydrogen) atoms. The second kappa shape index (κ2) is 9.26. The summed E-state index contributed by atoms with van der Waals surface area (Å²) in [6, 6.07) is 30.7. The summed E-state index contributed by atoms with van der Waals surface area (Å²) in [5.41, 5.74) is 12.0. The zero-order chi connectivity index (χ0) is 23.5. The summed E-state index contributed by atoms with van der Waals surface area (Å²) in [5, 5.41) is 12.1. The van der Waals surface area contributed by atoms with Gasteiger partial charge in [-0.3, -0.25) is 4.79 Å². The van der Waals surface area contributed by atoms with Gasteiger partial charge in [-0.1, -0.05) is 54.2 Å². The first-order valence-electron chi connectivity index (χ1n) is 10.7. The summed E-state index contributed by atoms with van der Waals surface area (Å²) in [5.74, 6) is -0.165. The van der Waals surface area contributed by atoms with E-state index in [0.29, 0.717) is 23.4 Å². The molecule has 164 valence electrons. The van der Waals surface area contributed by atoms with Gasteiger partial charge in [0.05, 0.1) is 23.0 Å². The number of anilines is 1. The molecule has 0 saturated heterocycles. The number of aliphatic imine (C=N–C) groups is 1. The molecule has 0 atom stereocenters. The number of benzene rings is 4. The van der Waals surface area contributed by atoms with Crippen LogP contribution in [0.5, 0.6) is 0 Å². The van der Waals surface area contributed by atoms with Gasteiger partial charge in [0.25, 0.3) is 5.91 Å². The van der Waals surface area contributed by atoms with Gasteiger partial charge in [0, 0.05) is 38.7 Å². The molecule has 0 saturated carbocycles. The molecule has 0 fully saturated rings. The van der Waals surface area contributed by atoms with Gasteiger partial charge in [0.2, 0.25) is 0 Å². The molecule has 0 bridgehead atoms. The van der Waals surface area contributed by atoms with Crippen LogP contribution in [0, 0.1) is 11.3 Å². The Morgan fingerprint density at radius 1 is 0.941 bits per heavy atom. The SMILES string of the molecule is N#Cc1ccc(C2=Nc3cc(C(=O)NCc4ccc(N)cc4)ccc3Sc3ccccc32)cc1. The average molecular weight is 461 g/mol. The normalized spacial score (nSPS) is 11.9. The van der Waals surface area contributed by atoms with Crippen molar-refractivity contribution in [3.05, 3.63) is 119 Å². The number of nitriles is 1. The zero-order valence-electron chi connectivity index (χ0n) is 18.2. The molecule has 1 aliphatic rings. The average Bonchev–Trinajstić information content (AvgIpc) is 3.04. The Morgan fingerprint density at radius 3 is 2.47 bits per heavy atom.